The smallest absolute Gasteiger partial charge is 0.226 e. The standard InChI is InChI=1S/C24H33FN2O/c25-16-22-10-17-11-23(13-22,18-4-2-1-3-5-18)15-24(12-17,14-22)21(28)27-20-8-6-19(26)7-9-20/h1-5,17,19-20H,6-16,26H2,(H,27,28)/t17-,19?,20?,22?,23?,24?/m1/s1. The lowest BCUT2D eigenvalue weighted by atomic mass is 9.38. The van der Waals surface area contributed by atoms with Gasteiger partial charge in [0.25, 0.3) is 0 Å². The molecular formula is C24H33FN2O. The van der Waals surface area contributed by atoms with Crippen molar-refractivity contribution in [2.45, 2.75) is 81.7 Å². The van der Waals surface area contributed by atoms with Crippen LogP contribution < -0.4 is 11.1 Å². The van der Waals surface area contributed by atoms with Crippen molar-refractivity contribution in [1.82, 2.24) is 5.32 Å². The van der Waals surface area contributed by atoms with Crippen LogP contribution in [-0.2, 0) is 10.2 Å². The van der Waals surface area contributed by atoms with Crippen LogP contribution in [0.1, 0.15) is 69.8 Å². The predicted molar refractivity (Wildman–Crippen MR) is 109 cm³/mol. The Balaban J connectivity index is 1.45. The highest BCUT2D eigenvalue weighted by atomic mass is 19.1. The van der Waals surface area contributed by atoms with Crippen LogP contribution in [0.15, 0.2) is 30.3 Å². The van der Waals surface area contributed by atoms with Crippen molar-refractivity contribution < 1.29 is 9.18 Å². The number of nitrogens with one attached hydrogen (secondary N) is 1. The maximum absolute atomic E-state index is 14.4. The number of hydrogen-bond donors (Lipinski definition) is 2. The third-order valence-corrected chi connectivity index (χ3v) is 8.44. The molecule has 28 heavy (non-hydrogen) atoms. The number of alkyl halides is 1. The molecule has 5 aliphatic rings. The molecule has 1 aromatic carbocycles. The SMILES string of the molecule is NC1CCC(NC(=O)C23C[C@@H]4CC(CF)(C2)CC(c2ccccc2)(C4)C3)CC1. The molecule has 3 unspecified atom stereocenters. The Kier molecular flexibility index (Phi) is 4.35. The first kappa shape index (κ1) is 18.6. The van der Waals surface area contributed by atoms with Gasteiger partial charge >= 0.3 is 0 Å². The van der Waals surface area contributed by atoms with Crippen molar-refractivity contribution in [2.75, 3.05) is 6.67 Å². The van der Waals surface area contributed by atoms with Crippen LogP contribution in [-0.4, -0.2) is 24.7 Å². The number of benzene rings is 1. The summed E-state index contributed by atoms with van der Waals surface area (Å²) in [4.78, 5) is 13.6. The van der Waals surface area contributed by atoms with Gasteiger partial charge in [-0.3, -0.25) is 9.18 Å². The summed E-state index contributed by atoms with van der Waals surface area (Å²) in [7, 11) is 0. The van der Waals surface area contributed by atoms with Gasteiger partial charge in [0.2, 0.25) is 5.91 Å². The third kappa shape index (κ3) is 2.91. The number of halogens is 1. The van der Waals surface area contributed by atoms with E-state index in [-0.39, 0.29) is 40.9 Å². The van der Waals surface area contributed by atoms with E-state index < -0.39 is 0 Å². The number of hydrogen-bond acceptors (Lipinski definition) is 2. The molecule has 3 N–H and O–H groups in total. The van der Waals surface area contributed by atoms with E-state index in [2.05, 4.69) is 29.6 Å². The van der Waals surface area contributed by atoms with Gasteiger partial charge in [-0.1, -0.05) is 30.3 Å². The van der Waals surface area contributed by atoms with Crippen molar-refractivity contribution in [2.24, 2.45) is 22.5 Å². The first-order valence-electron chi connectivity index (χ1n) is 11.1. The molecular weight excluding hydrogens is 351 g/mol. The predicted octanol–water partition coefficient (Wildman–Crippen LogP) is 4.25. The largest absolute Gasteiger partial charge is 0.353 e. The topological polar surface area (TPSA) is 55.1 Å². The molecule has 0 heterocycles. The Bertz CT molecular complexity index is 746. The van der Waals surface area contributed by atoms with E-state index in [1.54, 1.807) is 0 Å². The highest BCUT2D eigenvalue weighted by Crippen LogP contribution is 2.70. The molecule has 4 heteroatoms. The first-order valence-corrected chi connectivity index (χ1v) is 11.1. The quantitative estimate of drug-likeness (QED) is 0.815. The number of carbonyl (C=O) groups excluding carboxylic acids is 1. The highest BCUT2D eigenvalue weighted by Gasteiger charge is 2.66. The molecule has 0 spiro atoms. The molecule has 6 rings (SSSR count). The molecule has 0 radical (unpaired) electrons. The number of nitrogens with two attached hydrogens (primary N) is 1. The Morgan fingerprint density at radius 1 is 1.04 bits per heavy atom. The van der Waals surface area contributed by atoms with E-state index in [4.69, 9.17) is 5.73 Å². The van der Waals surface area contributed by atoms with Crippen LogP contribution in [0.2, 0.25) is 0 Å². The van der Waals surface area contributed by atoms with Gasteiger partial charge in [-0.15, -0.1) is 0 Å². The molecule has 0 saturated heterocycles. The van der Waals surface area contributed by atoms with Gasteiger partial charge in [-0.2, -0.15) is 0 Å². The molecule has 0 aliphatic heterocycles. The Morgan fingerprint density at radius 3 is 2.50 bits per heavy atom. The first-order chi connectivity index (χ1) is 13.5. The summed E-state index contributed by atoms with van der Waals surface area (Å²) in [5.74, 6) is 0.674. The van der Waals surface area contributed by atoms with Crippen LogP contribution in [0.25, 0.3) is 0 Å². The minimum absolute atomic E-state index is 0.0287. The van der Waals surface area contributed by atoms with Crippen molar-refractivity contribution >= 4 is 5.91 Å². The minimum Gasteiger partial charge on any atom is -0.353 e. The summed E-state index contributed by atoms with van der Waals surface area (Å²) in [6.45, 7) is -0.286. The molecule has 4 atom stereocenters. The third-order valence-electron chi connectivity index (χ3n) is 8.44. The average molecular weight is 385 g/mol. The monoisotopic (exact) mass is 384 g/mol. The fraction of sp³-hybridized carbons (Fsp3) is 0.708. The van der Waals surface area contributed by atoms with Crippen LogP contribution in [0.5, 0.6) is 0 Å². The lowest BCUT2D eigenvalue weighted by Crippen LogP contribution is -2.64. The van der Waals surface area contributed by atoms with Crippen molar-refractivity contribution in [3.8, 4) is 0 Å². The van der Waals surface area contributed by atoms with E-state index in [1.807, 2.05) is 6.07 Å². The number of rotatable bonds is 4. The van der Waals surface area contributed by atoms with Crippen LogP contribution >= 0.6 is 0 Å². The lowest BCUT2D eigenvalue weighted by Gasteiger charge is -2.65. The van der Waals surface area contributed by atoms with Gasteiger partial charge in [0.1, 0.15) is 0 Å². The zero-order valence-electron chi connectivity index (χ0n) is 16.8. The van der Waals surface area contributed by atoms with Gasteiger partial charge in [0.15, 0.2) is 0 Å². The van der Waals surface area contributed by atoms with Gasteiger partial charge in [0, 0.05) is 17.5 Å². The second-order valence-corrected chi connectivity index (χ2v) is 10.7. The Morgan fingerprint density at radius 2 is 1.79 bits per heavy atom. The normalized spacial score (nSPS) is 44.4. The number of amides is 1. The number of carbonyl (C=O) groups is 1. The maximum atomic E-state index is 14.4. The molecule has 0 aromatic heterocycles. The Hall–Kier alpha value is -1.42. The fourth-order valence-corrected chi connectivity index (χ4v) is 7.76. The van der Waals surface area contributed by atoms with Gasteiger partial charge < -0.3 is 11.1 Å². The molecule has 5 saturated carbocycles. The van der Waals surface area contributed by atoms with Crippen molar-refractivity contribution in [3.63, 3.8) is 0 Å². The summed E-state index contributed by atoms with van der Waals surface area (Å²) in [6, 6.07) is 11.2. The zero-order chi connectivity index (χ0) is 19.4. The van der Waals surface area contributed by atoms with Crippen LogP contribution in [0.4, 0.5) is 4.39 Å². The average Bonchev–Trinajstić information content (AvgIpc) is 2.69. The summed E-state index contributed by atoms with van der Waals surface area (Å²) in [5.41, 5.74) is 6.63. The van der Waals surface area contributed by atoms with Crippen molar-refractivity contribution in [1.29, 1.82) is 0 Å². The fourth-order valence-electron chi connectivity index (χ4n) is 7.76. The lowest BCUT2D eigenvalue weighted by molar-refractivity contribution is -0.166. The van der Waals surface area contributed by atoms with Gasteiger partial charge in [-0.25, -0.2) is 0 Å². The molecule has 5 aliphatic carbocycles. The van der Waals surface area contributed by atoms with Crippen LogP contribution in [0, 0.1) is 16.7 Å². The molecule has 5 fully saturated rings. The summed E-state index contributed by atoms with van der Waals surface area (Å²) in [6.07, 6.45) is 9.49. The van der Waals surface area contributed by atoms with Gasteiger partial charge in [0.05, 0.1) is 12.1 Å². The van der Waals surface area contributed by atoms with E-state index in [0.29, 0.717) is 5.92 Å². The van der Waals surface area contributed by atoms with E-state index >= 15 is 0 Å². The van der Waals surface area contributed by atoms with Crippen LogP contribution in [0.3, 0.4) is 0 Å². The summed E-state index contributed by atoms with van der Waals surface area (Å²) in [5, 5.41) is 3.39. The molecule has 3 nitrogen and oxygen atoms in total. The van der Waals surface area contributed by atoms with Gasteiger partial charge in [-0.05, 0) is 81.1 Å². The Labute approximate surface area is 167 Å². The van der Waals surface area contributed by atoms with E-state index in [9.17, 15) is 9.18 Å². The maximum Gasteiger partial charge on any atom is 0.226 e. The minimum atomic E-state index is -0.388. The van der Waals surface area contributed by atoms with Crippen molar-refractivity contribution in [3.05, 3.63) is 35.9 Å². The molecule has 1 aromatic rings. The highest BCUT2D eigenvalue weighted by molar-refractivity contribution is 5.84. The zero-order valence-corrected chi connectivity index (χ0v) is 16.8. The van der Waals surface area contributed by atoms with E-state index in [0.717, 1.165) is 64.2 Å². The summed E-state index contributed by atoms with van der Waals surface area (Å²) < 4.78 is 14.4. The summed E-state index contributed by atoms with van der Waals surface area (Å²) >= 11 is 0. The van der Waals surface area contributed by atoms with E-state index in [1.165, 1.54) is 5.56 Å². The molecule has 4 bridgehead atoms. The second-order valence-electron chi connectivity index (χ2n) is 10.7. The molecule has 1 amide bonds. The second kappa shape index (κ2) is 6.55. The molecule has 152 valence electrons.